The van der Waals surface area contributed by atoms with Gasteiger partial charge in [-0.25, -0.2) is 0 Å². The van der Waals surface area contributed by atoms with Crippen LogP contribution in [0.2, 0.25) is 5.02 Å². The Labute approximate surface area is 205 Å². The zero-order valence-corrected chi connectivity index (χ0v) is 20.9. The minimum atomic E-state index is -0.752. The van der Waals surface area contributed by atoms with Crippen LogP contribution in [-0.4, -0.2) is 53.0 Å². The van der Waals surface area contributed by atoms with Crippen LogP contribution in [0, 0.1) is 0 Å². The molecule has 2 amide bonds. The maximum absolute atomic E-state index is 12.8. The monoisotopic (exact) mass is 523 g/mol. The first-order valence-corrected chi connectivity index (χ1v) is 11.0. The number of hydrogen-bond donors (Lipinski definition) is 3. The van der Waals surface area contributed by atoms with Crippen molar-refractivity contribution in [2.75, 3.05) is 19.6 Å². The van der Waals surface area contributed by atoms with Crippen molar-refractivity contribution in [2.45, 2.75) is 44.4 Å². The Morgan fingerprint density at radius 1 is 1.16 bits per heavy atom. The minimum absolute atomic E-state index is 0. The average molecular weight is 525 g/mol. The average Bonchev–Trinajstić information content (AvgIpc) is 3.26. The Hall–Kier alpha value is -1.93. The van der Waals surface area contributed by atoms with Crippen molar-refractivity contribution in [1.29, 1.82) is 0 Å². The van der Waals surface area contributed by atoms with Crippen LogP contribution in [0.15, 0.2) is 54.6 Å². The summed E-state index contributed by atoms with van der Waals surface area (Å²) < 4.78 is 0. The fourth-order valence-electron chi connectivity index (χ4n) is 3.75. The molecule has 32 heavy (non-hydrogen) atoms. The quantitative estimate of drug-likeness (QED) is 0.491. The van der Waals surface area contributed by atoms with Gasteiger partial charge in [-0.3, -0.25) is 9.59 Å². The largest absolute Gasteiger partial charge is 0.387 e. The number of amides is 2. The van der Waals surface area contributed by atoms with E-state index in [2.05, 4.69) is 10.6 Å². The van der Waals surface area contributed by atoms with E-state index < -0.39 is 17.7 Å². The molecule has 174 valence electrons. The highest BCUT2D eigenvalue weighted by atomic mass is 79.9. The molecule has 0 aliphatic carbocycles. The first-order chi connectivity index (χ1) is 14.8. The van der Waals surface area contributed by atoms with Crippen LogP contribution in [0.25, 0.3) is 0 Å². The number of aliphatic hydroxyl groups excluding tert-OH is 1. The molecule has 1 saturated heterocycles. The van der Waals surface area contributed by atoms with Crippen molar-refractivity contribution < 1.29 is 14.7 Å². The molecule has 2 aromatic carbocycles. The number of carbonyl (C=O) groups is 2. The molecule has 3 rings (SSSR count). The van der Waals surface area contributed by atoms with Crippen LogP contribution in [0.3, 0.4) is 0 Å². The number of nitrogens with zero attached hydrogens (tertiary/aromatic N) is 1. The van der Waals surface area contributed by atoms with Gasteiger partial charge in [0.2, 0.25) is 5.91 Å². The second-order valence-electron chi connectivity index (χ2n) is 8.54. The summed E-state index contributed by atoms with van der Waals surface area (Å²) in [7, 11) is 0. The molecule has 0 bridgehead atoms. The van der Waals surface area contributed by atoms with Gasteiger partial charge in [0.25, 0.3) is 5.91 Å². The van der Waals surface area contributed by atoms with Gasteiger partial charge in [-0.15, -0.1) is 17.0 Å². The summed E-state index contributed by atoms with van der Waals surface area (Å²) in [4.78, 5) is 27.3. The number of halogens is 2. The normalized spacial score (nSPS) is 16.9. The molecule has 2 aromatic rings. The molecule has 1 aliphatic rings. The van der Waals surface area contributed by atoms with Crippen molar-refractivity contribution in [1.82, 2.24) is 15.5 Å². The van der Waals surface area contributed by atoms with Crippen LogP contribution >= 0.6 is 28.6 Å². The molecule has 6 nitrogen and oxygen atoms in total. The first kappa shape index (κ1) is 26.3. The standard InChI is InChI=1S/C24H30ClN3O3.BrH/c1-24(2,27-15-21(29)18-11-6-7-12-19(18)25)16-26-22(30)20-13-8-14-28(20)23(31)17-9-4-3-5-10-17;/h3-7,9-12,20-21,27,29H,8,13-16H2,1-2H3,(H,26,30);1H. The number of aliphatic hydroxyl groups is 1. The molecule has 1 aliphatic heterocycles. The maximum atomic E-state index is 12.8. The number of hydrogen-bond acceptors (Lipinski definition) is 4. The van der Waals surface area contributed by atoms with E-state index in [0.717, 1.165) is 6.42 Å². The maximum Gasteiger partial charge on any atom is 0.254 e. The molecular formula is C24H31BrClN3O3. The molecule has 0 radical (unpaired) electrons. The summed E-state index contributed by atoms with van der Waals surface area (Å²) in [6, 6.07) is 15.8. The summed E-state index contributed by atoms with van der Waals surface area (Å²) in [5.41, 5.74) is 0.806. The summed E-state index contributed by atoms with van der Waals surface area (Å²) in [5.74, 6) is -0.262. The number of rotatable bonds is 8. The predicted molar refractivity (Wildman–Crippen MR) is 132 cm³/mol. The van der Waals surface area contributed by atoms with Gasteiger partial charge in [-0.05, 0) is 44.9 Å². The van der Waals surface area contributed by atoms with E-state index in [1.807, 2.05) is 44.2 Å². The SMILES string of the molecule is Br.CC(C)(CNC(=O)C1CCCN1C(=O)c1ccccc1)NCC(O)c1ccccc1Cl. The summed E-state index contributed by atoms with van der Waals surface area (Å²) in [5, 5.41) is 17.2. The Kier molecular flexibility index (Phi) is 9.70. The molecule has 1 fully saturated rings. The van der Waals surface area contributed by atoms with E-state index in [4.69, 9.17) is 11.6 Å². The van der Waals surface area contributed by atoms with Gasteiger partial charge >= 0.3 is 0 Å². The molecule has 3 N–H and O–H groups in total. The first-order valence-electron chi connectivity index (χ1n) is 10.6. The molecule has 2 unspecified atom stereocenters. The summed E-state index contributed by atoms with van der Waals surface area (Å²) in [6.07, 6.45) is 0.712. The van der Waals surface area contributed by atoms with Crippen LogP contribution in [0.1, 0.15) is 48.7 Å². The lowest BCUT2D eigenvalue weighted by Gasteiger charge is -2.30. The molecule has 8 heteroatoms. The van der Waals surface area contributed by atoms with Crippen molar-refractivity contribution in [3.8, 4) is 0 Å². The number of benzene rings is 2. The van der Waals surface area contributed by atoms with Crippen molar-refractivity contribution >= 4 is 40.4 Å². The minimum Gasteiger partial charge on any atom is -0.387 e. The molecule has 0 aromatic heterocycles. The van der Waals surface area contributed by atoms with E-state index in [9.17, 15) is 14.7 Å². The number of carbonyl (C=O) groups excluding carboxylic acids is 2. The highest BCUT2D eigenvalue weighted by Crippen LogP contribution is 2.23. The highest BCUT2D eigenvalue weighted by Gasteiger charge is 2.35. The zero-order chi connectivity index (χ0) is 22.4. The molecule has 0 saturated carbocycles. The Morgan fingerprint density at radius 2 is 1.81 bits per heavy atom. The third kappa shape index (κ3) is 6.78. The Balaban J connectivity index is 0.00000363. The third-order valence-electron chi connectivity index (χ3n) is 5.58. The van der Waals surface area contributed by atoms with Crippen LogP contribution in [0.5, 0.6) is 0 Å². The van der Waals surface area contributed by atoms with Gasteiger partial charge in [0.1, 0.15) is 6.04 Å². The summed E-state index contributed by atoms with van der Waals surface area (Å²) in [6.45, 7) is 5.15. The second kappa shape index (κ2) is 11.8. The van der Waals surface area contributed by atoms with Crippen molar-refractivity contribution in [3.63, 3.8) is 0 Å². The lowest BCUT2D eigenvalue weighted by atomic mass is 10.0. The fraction of sp³-hybridized carbons (Fsp3) is 0.417. The Bertz CT molecular complexity index is 910. The number of likely N-dealkylation sites (tertiary alicyclic amines) is 1. The summed E-state index contributed by atoms with van der Waals surface area (Å²) >= 11 is 6.15. The number of nitrogens with one attached hydrogen (secondary N) is 2. The van der Waals surface area contributed by atoms with E-state index in [1.165, 1.54) is 0 Å². The smallest absolute Gasteiger partial charge is 0.254 e. The van der Waals surface area contributed by atoms with Gasteiger partial charge in [0, 0.05) is 41.3 Å². The van der Waals surface area contributed by atoms with Crippen molar-refractivity contribution in [2.24, 2.45) is 0 Å². The zero-order valence-electron chi connectivity index (χ0n) is 18.4. The molecule has 1 heterocycles. The molecular weight excluding hydrogens is 494 g/mol. The Morgan fingerprint density at radius 3 is 2.50 bits per heavy atom. The van der Waals surface area contributed by atoms with Crippen molar-refractivity contribution in [3.05, 3.63) is 70.7 Å². The molecule has 2 atom stereocenters. The van der Waals surface area contributed by atoms with Gasteiger partial charge in [0.15, 0.2) is 0 Å². The number of β-amino-alcohol motifs (C(OH)–C–C–N with tert-alkyl or cyclic N) is 1. The third-order valence-corrected chi connectivity index (χ3v) is 5.92. The highest BCUT2D eigenvalue weighted by molar-refractivity contribution is 8.93. The molecule has 0 spiro atoms. The topological polar surface area (TPSA) is 81.7 Å². The van der Waals surface area contributed by atoms with Crippen LogP contribution in [0.4, 0.5) is 0 Å². The predicted octanol–water partition coefficient (Wildman–Crippen LogP) is 3.74. The van der Waals surface area contributed by atoms with Gasteiger partial charge in [-0.2, -0.15) is 0 Å². The van der Waals surface area contributed by atoms with E-state index >= 15 is 0 Å². The fourth-order valence-corrected chi connectivity index (χ4v) is 4.01. The van der Waals surface area contributed by atoms with Crippen LogP contribution in [-0.2, 0) is 4.79 Å². The van der Waals surface area contributed by atoms with E-state index in [-0.39, 0.29) is 28.8 Å². The van der Waals surface area contributed by atoms with Gasteiger partial charge in [-0.1, -0.05) is 48.0 Å². The van der Waals surface area contributed by atoms with E-state index in [0.29, 0.717) is 42.2 Å². The van der Waals surface area contributed by atoms with E-state index in [1.54, 1.807) is 29.2 Å². The lowest BCUT2D eigenvalue weighted by Crippen LogP contribution is -2.53. The van der Waals surface area contributed by atoms with Gasteiger partial charge in [0.05, 0.1) is 6.10 Å². The second-order valence-corrected chi connectivity index (χ2v) is 8.95. The van der Waals surface area contributed by atoms with Gasteiger partial charge < -0.3 is 20.6 Å². The lowest BCUT2D eigenvalue weighted by molar-refractivity contribution is -0.125. The van der Waals surface area contributed by atoms with Crippen LogP contribution < -0.4 is 10.6 Å².